The minimum absolute atomic E-state index is 0.0319. The molecule has 1 aromatic heterocycles. The van der Waals surface area contributed by atoms with Crippen LogP contribution in [0.4, 0.5) is 0 Å². The summed E-state index contributed by atoms with van der Waals surface area (Å²) in [4.78, 5) is 14.1. The molecule has 0 bridgehead atoms. The van der Waals surface area contributed by atoms with Crippen LogP contribution in [0.3, 0.4) is 0 Å². The molecule has 1 fully saturated rings. The number of hydrogen-bond acceptors (Lipinski definition) is 4. The fourth-order valence-corrected chi connectivity index (χ4v) is 2.59. The van der Waals surface area contributed by atoms with E-state index in [1.165, 1.54) is 0 Å². The van der Waals surface area contributed by atoms with Crippen molar-refractivity contribution < 1.29 is 9.21 Å². The first-order valence-corrected chi connectivity index (χ1v) is 6.92. The number of nitrogens with zero attached hydrogens (tertiary/aromatic N) is 1. The summed E-state index contributed by atoms with van der Waals surface area (Å²) in [5.74, 6) is 1.51. The first-order chi connectivity index (χ1) is 9.19. The fourth-order valence-electron chi connectivity index (χ4n) is 2.59. The van der Waals surface area contributed by atoms with Gasteiger partial charge in [0.1, 0.15) is 5.76 Å². The second kappa shape index (κ2) is 6.73. The Morgan fingerprint density at radius 1 is 1.63 bits per heavy atom. The molecule has 0 spiro atoms. The summed E-state index contributed by atoms with van der Waals surface area (Å²) in [6.07, 6.45) is 3.84. The molecule has 1 aliphatic heterocycles. The van der Waals surface area contributed by atoms with Gasteiger partial charge in [0.05, 0.1) is 19.4 Å². The van der Waals surface area contributed by atoms with E-state index in [1.54, 1.807) is 6.26 Å². The van der Waals surface area contributed by atoms with Gasteiger partial charge in [-0.05, 0) is 37.4 Å². The van der Waals surface area contributed by atoms with E-state index >= 15 is 0 Å². The molecular formula is C14H23N3O2. The molecule has 19 heavy (non-hydrogen) atoms. The fraction of sp³-hybridized carbons (Fsp3) is 0.643. The average Bonchev–Trinajstić information content (AvgIpc) is 2.91. The highest BCUT2D eigenvalue weighted by molar-refractivity contribution is 5.78. The van der Waals surface area contributed by atoms with Crippen LogP contribution in [0.5, 0.6) is 0 Å². The molecule has 2 unspecified atom stereocenters. The topological polar surface area (TPSA) is 71.5 Å². The molecule has 2 rings (SSSR count). The Bertz CT molecular complexity index is 391. The van der Waals surface area contributed by atoms with E-state index in [4.69, 9.17) is 10.2 Å². The zero-order valence-corrected chi connectivity index (χ0v) is 11.5. The van der Waals surface area contributed by atoms with Crippen LogP contribution < -0.4 is 11.1 Å². The SMILES string of the molecule is CC1CCN(CC(=O)NCc2ccco2)C(CN)C1. The van der Waals surface area contributed by atoms with Crippen molar-refractivity contribution in [2.24, 2.45) is 11.7 Å². The van der Waals surface area contributed by atoms with Crippen molar-refractivity contribution in [2.75, 3.05) is 19.6 Å². The van der Waals surface area contributed by atoms with Gasteiger partial charge in [-0.25, -0.2) is 0 Å². The summed E-state index contributed by atoms with van der Waals surface area (Å²) in [5.41, 5.74) is 5.79. The molecule has 0 aromatic carbocycles. The second-order valence-electron chi connectivity index (χ2n) is 5.35. The molecule has 1 saturated heterocycles. The third-order valence-electron chi connectivity index (χ3n) is 3.76. The van der Waals surface area contributed by atoms with Gasteiger partial charge in [0.2, 0.25) is 5.91 Å². The Labute approximate surface area is 114 Å². The summed E-state index contributed by atoms with van der Waals surface area (Å²) < 4.78 is 5.18. The highest BCUT2D eigenvalue weighted by Gasteiger charge is 2.26. The lowest BCUT2D eigenvalue weighted by Gasteiger charge is -2.37. The smallest absolute Gasteiger partial charge is 0.234 e. The maximum Gasteiger partial charge on any atom is 0.234 e. The van der Waals surface area contributed by atoms with E-state index in [1.807, 2.05) is 12.1 Å². The van der Waals surface area contributed by atoms with E-state index in [0.29, 0.717) is 31.6 Å². The van der Waals surface area contributed by atoms with Crippen molar-refractivity contribution in [1.29, 1.82) is 0 Å². The standard InChI is InChI=1S/C14H23N3O2/c1-11-4-5-17(12(7-11)8-15)10-14(18)16-9-13-3-2-6-19-13/h2-3,6,11-12H,4-5,7-10,15H2,1H3,(H,16,18). The summed E-state index contributed by atoms with van der Waals surface area (Å²) in [5, 5.41) is 2.87. The van der Waals surface area contributed by atoms with E-state index in [0.717, 1.165) is 25.1 Å². The van der Waals surface area contributed by atoms with Gasteiger partial charge in [-0.3, -0.25) is 9.69 Å². The Balaban J connectivity index is 1.77. The molecular weight excluding hydrogens is 242 g/mol. The van der Waals surface area contributed by atoms with Gasteiger partial charge < -0.3 is 15.5 Å². The largest absolute Gasteiger partial charge is 0.467 e. The molecule has 1 aromatic rings. The maximum atomic E-state index is 11.9. The van der Waals surface area contributed by atoms with Gasteiger partial charge >= 0.3 is 0 Å². The van der Waals surface area contributed by atoms with Crippen molar-refractivity contribution in [3.8, 4) is 0 Å². The lowest BCUT2D eigenvalue weighted by Crippen LogP contribution is -2.50. The van der Waals surface area contributed by atoms with Crippen molar-refractivity contribution in [3.63, 3.8) is 0 Å². The molecule has 2 atom stereocenters. The summed E-state index contributed by atoms with van der Waals surface area (Å²) in [6.45, 7) is 4.70. The predicted octanol–water partition coefficient (Wildman–Crippen LogP) is 0.955. The van der Waals surface area contributed by atoms with Crippen molar-refractivity contribution in [2.45, 2.75) is 32.4 Å². The first kappa shape index (κ1) is 14.1. The molecule has 106 valence electrons. The van der Waals surface area contributed by atoms with Crippen LogP contribution in [-0.4, -0.2) is 36.5 Å². The summed E-state index contributed by atoms with van der Waals surface area (Å²) in [7, 11) is 0. The number of likely N-dealkylation sites (tertiary alicyclic amines) is 1. The van der Waals surface area contributed by atoms with Crippen LogP contribution >= 0.6 is 0 Å². The van der Waals surface area contributed by atoms with Crippen LogP contribution in [-0.2, 0) is 11.3 Å². The van der Waals surface area contributed by atoms with E-state index < -0.39 is 0 Å². The minimum atomic E-state index is 0.0319. The molecule has 0 saturated carbocycles. The number of rotatable bonds is 5. The zero-order valence-electron chi connectivity index (χ0n) is 11.5. The first-order valence-electron chi connectivity index (χ1n) is 6.92. The summed E-state index contributed by atoms with van der Waals surface area (Å²) in [6, 6.07) is 4.00. The van der Waals surface area contributed by atoms with Crippen molar-refractivity contribution in [3.05, 3.63) is 24.2 Å². The van der Waals surface area contributed by atoms with Crippen molar-refractivity contribution >= 4 is 5.91 Å². The van der Waals surface area contributed by atoms with Crippen LogP contribution in [0.25, 0.3) is 0 Å². The number of piperidine rings is 1. The molecule has 3 N–H and O–H groups in total. The second-order valence-corrected chi connectivity index (χ2v) is 5.35. The Kier molecular flexibility index (Phi) is 4.99. The lowest BCUT2D eigenvalue weighted by atomic mass is 9.92. The Hall–Kier alpha value is -1.33. The highest BCUT2D eigenvalue weighted by atomic mass is 16.3. The number of hydrogen-bond donors (Lipinski definition) is 2. The number of amides is 1. The van der Waals surface area contributed by atoms with Gasteiger partial charge in [-0.15, -0.1) is 0 Å². The normalized spacial score (nSPS) is 24.3. The maximum absolute atomic E-state index is 11.9. The number of nitrogens with one attached hydrogen (secondary N) is 1. The third-order valence-corrected chi connectivity index (χ3v) is 3.76. The predicted molar refractivity (Wildman–Crippen MR) is 73.4 cm³/mol. The zero-order chi connectivity index (χ0) is 13.7. The molecule has 5 heteroatoms. The molecule has 5 nitrogen and oxygen atoms in total. The number of carbonyl (C=O) groups is 1. The Morgan fingerprint density at radius 3 is 3.16 bits per heavy atom. The van der Waals surface area contributed by atoms with Gasteiger partial charge in [-0.1, -0.05) is 6.92 Å². The number of nitrogens with two attached hydrogens (primary N) is 1. The van der Waals surface area contributed by atoms with Gasteiger partial charge in [-0.2, -0.15) is 0 Å². The molecule has 1 amide bonds. The average molecular weight is 265 g/mol. The van der Waals surface area contributed by atoms with Crippen LogP contribution in [0, 0.1) is 5.92 Å². The molecule has 0 radical (unpaired) electrons. The van der Waals surface area contributed by atoms with E-state index in [-0.39, 0.29) is 5.91 Å². The van der Waals surface area contributed by atoms with Crippen molar-refractivity contribution in [1.82, 2.24) is 10.2 Å². The number of carbonyl (C=O) groups excluding carboxylic acids is 1. The number of furan rings is 1. The monoisotopic (exact) mass is 265 g/mol. The van der Waals surface area contributed by atoms with Gasteiger partial charge in [0, 0.05) is 12.6 Å². The summed E-state index contributed by atoms with van der Waals surface area (Å²) >= 11 is 0. The van der Waals surface area contributed by atoms with Crippen LogP contribution in [0.15, 0.2) is 22.8 Å². The third kappa shape index (κ3) is 4.08. The molecule has 1 aliphatic rings. The Morgan fingerprint density at radius 2 is 2.47 bits per heavy atom. The quantitative estimate of drug-likeness (QED) is 0.831. The van der Waals surface area contributed by atoms with Crippen LogP contribution in [0.2, 0.25) is 0 Å². The highest BCUT2D eigenvalue weighted by Crippen LogP contribution is 2.21. The van der Waals surface area contributed by atoms with Crippen LogP contribution in [0.1, 0.15) is 25.5 Å². The molecule has 2 heterocycles. The lowest BCUT2D eigenvalue weighted by molar-refractivity contribution is -0.123. The van der Waals surface area contributed by atoms with Gasteiger partial charge in [0.15, 0.2) is 0 Å². The van der Waals surface area contributed by atoms with Gasteiger partial charge in [0.25, 0.3) is 0 Å². The minimum Gasteiger partial charge on any atom is -0.467 e. The van der Waals surface area contributed by atoms with E-state index in [9.17, 15) is 4.79 Å². The van der Waals surface area contributed by atoms with E-state index in [2.05, 4.69) is 17.1 Å². The molecule has 0 aliphatic carbocycles.